The average molecular weight is 916 g/mol. The Balaban J connectivity index is 1.43. The number of rotatable bonds is 11. The lowest BCUT2D eigenvalue weighted by molar-refractivity contribution is -0.272. The van der Waals surface area contributed by atoms with E-state index in [1.54, 1.807) is 11.6 Å². The summed E-state index contributed by atoms with van der Waals surface area (Å²) in [7, 11) is 3.98. The first kappa shape index (κ1) is 53.4. The molecule has 1 unspecified atom stereocenters. The van der Waals surface area contributed by atoms with Gasteiger partial charge in [-0.1, -0.05) is 77.1 Å². The Morgan fingerprint density at radius 3 is 2.26 bits per heavy atom. The Morgan fingerprint density at radius 1 is 0.969 bits per heavy atom. The van der Waals surface area contributed by atoms with Crippen LogP contribution in [0.2, 0.25) is 0 Å². The predicted octanol–water partition coefficient (Wildman–Crippen LogP) is 5.32. The summed E-state index contributed by atoms with van der Waals surface area (Å²) < 4.78 is 28.3. The van der Waals surface area contributed by atoms with Crippen LogP contribution in [-0.4, -0.2) is 156 Å². The number of esters is 1. The third-order valence-electron chi connectivity index (χ3n) is 15.5. The lowest BCUT2D eigenvalue weighted by Gasteiger charge is -2.51. The molecule has 5 N–H and O–H groups in total. The van der Waals surface area contributed by atoms with Crippen LogP contribution >= 0.6 is 0 Å². The van der Waals surface area contributed by atoms with Crippen molar-refractivity contribution in [3.05, 3.63) is 47.8 Å². The van der Waals surface area contributed by atoms with Gasteiger partial charge in [0.25, 0.3) is 0 Å². The maximum atomic E-state index is 14.5. The highest BCUT2D eigenvalue weighted by atomic mass is 16.7. The fourth-order valence-corrected chi connectivity index (χ4v) is 11.4. The average Bonchev–Trinajstić information content (AvgIpc) is 3.72. The Hall–Kier alpha value is -2.57. The maximum Gasteiger partial charge on any atom is 0.309 e. The number of aromatic nitrogens is 3. The van der Waals surface area contributed by atoms with Crippen molar-refractivity contribution in [3.63, 3.8) is 0 Å². The monoisotopic (exact) mass is 916 g/mol. The molecule has 5 rings (SSSR count). The van der Waals surface area contributed by atoms with Crippen LogP contribution in [-0.2, 0) is 30.2 Å². The highest BCUT2D eigenvalue weighted by molar-refractivity contribution is 5.73. The number of aliphatic hydroxyl groups excluding tert-OH is 3. The van der Waals surface area contributed by atoms with Crippen LogP contribution in [0.5, 0.6) is 0 Å². The molecule has 15 heteroatoms. The summed E-state index contributed by atoms with van der Waals surface area (Å²) in [6, 6.07) is 8.82. The van der Waals surface area contributed by atoms with Gasteiger partial charge in [-0.25, -0.2) is 4.68 Å². The number of carbonyl (C=O) groups excluding carboxylic acids is 1. The number of carbonyl (C=O) groups is 1. The molecule has 4 heterocycles. The van der Waals surface area contributed by atoms with E-state index in [1.807, 2.05) is 111 Å². The van der Waals surface area contributed by atoms with Crippen LogP contribution in [0.4, 0.5) is 0 Å². The molecule has 3 saturated heterocycles. The summed E-state index contributed by atoms with van der Waals surface area (Å²) in [6.45, 7) is 23.9. The molecule has 2 aromatic rings. The molecule has 1 aromatic heterocycles. The zero-order valence-corrected chi connectivity index (χ0v) is 41.9. The minimum atomic E-state index is -1.76. The van der Waals surface area contributed by atoms with Gasteiger partial charge in [0.05, 0.1) is 53.8 Å². The molecule has 3 aliphatic heterocycles. The minimum absolute atomic E-state index is 0.0777. The first-order chi connectivity index (χ1) is 30.3. The van der Waals surface area contributed by atoms with Crippen LogP contribution in [0.15, 0.2) is 36.5 Å². The normalized spacial score (nSPS) is 40.4. The van der Waals surface area contributed by atoms with E-state index in [9.17, 15) is 30.3 Å². The summed E-state index contributed by atoms with van der Waals surface area (Å²) in [5.41, 5.74) is -2.10. The Bertz CT molecular complexity index is 1800. The van der Waals surface area contributed by atoms with Crippen molar-refractivity contribution in [1.29, 1.82) is 0 Å². The Morgan fingerprint density at radius 2 is 1.63 bits per heavy atom. The van der Waals surface area contributed by atoms with Crippen molar-refractivity contribution in [3.8, 4) is 0 Å². The van der Waals surface area contributed by atoms with Crippen molar-refractivity contribution in [2.75, 3.05) is 27.2 Å². The van der Waals surface area contributed by atoms with Crippen LogP contribution < -0.4 is 0 Å². The third-order valence-corrected chi connectivity index (χ3v) is 15.5. The van der Waals surface area contributed by atoms with Crippen molar-refractivity contribution < 1.29 is 49.3 Å². The molecular weight excluding hydrogens is 831 g/mol. The van der Waals surface area contributed by atoms with Gasteiger partial charge in [0.1, 0.15) is 23.9 Å². The summed E-state index contributed by atoms with van der Waals surface area (Å²) in [5, 5.41) is 67.4. The number of likely N-dealkylation sites (N-methyl/N-ethyl adjacent to an activating group) is 2. The fraction of sp³-hybridized carbons (Fsp3) is 0.820. The summed E-state index contributed by atoms with van der Waals surface area (Å²) in [6.07, 6.45) is -1.55. The van der Waals surface area contributed by atoms with Gasteiger partial charge in [0.2, 0.25) is 0 Å². The van der Waals surface area contributed by atoms with Crippen molar-refractivity contribution >= 4 is 5.97 Å². The predicted molar refractivity (Wildman–Crippen MR) is 249 cm³/mol. The van der Waals surface area contributed by atoms with Gasteiger partial charge in [0, 0.05) is 50.1 Å². The van der Waals surface area contributed by atoms with E-state index >= 15 is 0 Å². The van der Waals surface area contributed by atoms with E-state index in [0.29, 0.717) is 38.8 Å². The Kier molecular flexibility index (Phi) is 17.9. The largest absolute Gasteiger partial charge is 0.459 e. The van der Waals surface area contributed by atoms with E-state index in [-0.39, 0.29) is 30.5 Å². The minimum Gasteiger partial charge on any atom is -0.459 e. The summed E-state index contributed by atoms with van der Waals surface area (Å²) in [5.74, 6) is -2.49. The molecule has 0 saturated carbocycles. The fourth-order valence-electron chi connectivity index (χ4n) is 11.4. The highest BCUT2D eigenvalue weighted by Crippen LogP contribution is 2.46. The maximum absolute atomic E-state index is 14.5. The van der Waals surface area contributed by atoms with E-state index < -0.39 is 95.4 Å². The van der Waals surface area contributed by atoms with Gasteiger partial charge in [-0.2, -0.15) is 0 Å². The molecule has 18 atom stereocenters. The quantitative estimate of drug-likeness (QED) is 0.182. The SMILES string of the molecule is CC[C@H]1OC(=O)[C@H](C)[C@@H](C2CC(C)(C)[C@@H](O)[C@H](C)O2)[C@H](C)[C@@H](O[C@H]2C[C@@H](N(C)CCc3cn([C@H](C)[C@H](O)c4ccccc4)nn3)C[C@@H](C)O2)[C@](C)(O)C[C@@H](C)CN(C)[C@H](C)[C@@H](O)[C@]1(C)O. The molecule has 3 fully saturated rings. The first-order valence-electron chi connectivity index (χ1n) is 24.3. The van der Waals surface area contributed by atoms with Crippen molar-refractivity contribution in [2.24, 2.45) is 29.1 Å². The molecule has 370 valence electrons. The first-order valence-corrected chi connectivity index (χ1v) is 24.3. The van der Waals surface area contributed by atoms with Crippen LogP contribution in [0.3, 0.4) is 0 Å². The highest BCUT2D eigenvalue weighted by Gasteiger charge is 2.53. The number of benzene rings is 1. The molecule has 0 bridgehead atoms. The standard InChI is InChI=1S/C50H85N5O10/c1-15-40-50(12,61)44(57)34(7)54(14)27-29(2)25-49(11,60)46(31(4)42(32(5)47(59)64-40)39-26-48(9,10)45(58)35(8)63-39)65-41-24-38(23-30(3)62-41)53(13)22-21-37-28-55(52-51-37)33(6)43(56)36-19-17-16-18-20-36/h16-20,28-35,38-46,56-58,60-61H,15,21-27H2,1-14H3/t29-,30-,31+,32-,33-,34-,35+,38+,39?,40-,41+,42+,43+,44-,45+,46-,49-,50-/m1/s1. The van der Waals surface area contributed by atoms with Gasteiger partial charge < -0.3 is 54.3 Å². The van der Waals surface area contributed by atoms with E-state index in [4.69, 9.17) is 18.9 Å². The number of nitrogens with zero attached hydrogens (tertiary/aromatic N) is 5. The zero-order valence-electron chi connectivity index (χ0n) is 41.9. The zero-order chi connectivity index (χ0) is 48.3. The van der Waals surface area contributed by atoms with Crippen molar-refractivity contribution in [2.45, 2.75) is 206 Å². The van der Waals surface area contributed by atoms with Crippen LogP contribution in [0.25, 0.3) is 0 Å². The van der Waals surface area contributed by atoms with E-state index in [2.05, 4.69) is 29.2 Å². The molecule has 0 amide bonds. The lowest BCUT2D eigenvalue weighted by Crippen LogP contribution is -2.59. The number of cyclic esters (lactones) is 1. The Labute approximate surface area is 389 Å². The van der Waals surface area contributed by atoms with Gasteiger partial charge in [-0.15, -0.1) is 5.10 Å². The summed E-state index contributed by atoms with van der Waals surface area (Å²) in [4.78, 5) is 18.8. The molecule has 0 radical (unpaired) electrons. The molecular formula is C50H85N5O10. The molecule has 65 heavy (non-hydrogen) atoms. The second kappa shape index (κ2) is 21.8. The van der Waals surface area contributed by atoms with Crippen LogP contribution in [0, 0.1) is 29.1 Å². The number of aliphatic hydroxyl groups is 5. The molecule has 1 aromatic carbocycles. The number of ether oxygens (including phenoxy) is 4. The molecule has 3 aliphatic rings. The second-order valence-corrected chi connectivity index (χ2v) is 21.7. The van der Waals surface area contributed by atoms with Gasteiger partial charge in [-0.3, -0.25) is 4.79 Å². The van der Waals surface area contributed by atoms with Crippen LogP contribution in [0.1, 0.15) is 139 Å². The van der Waals surface area contributed by atoms with Gasteiger partial charge in [-0.05, 0) is 104 Å². The second-order valence-electron chi connectivity index (χ2n) is 21.7. The number of hydrogen-bond donors (Lipinski definition) is 5. The summed E-state index contributed by atoms with van der Waals surface area (Å²) >= 11 is 0. The van der Waals surface area contributed by atoms with Gasteiger partial charge in [0.15, 0.2) is 6.29 Å². The van der Waals surface area contributed by atoms with Gasteiger partial charge >= 0.3 is 5.97 Å². The van der Waals surface area contributed by atoms with Crippen molar-refractivity contribution in [1.82, 2.24) is 24.8 Å². The topological polar surface area (TPSA) is 192 Å². The lowest BCUT2D eigenvalue weighted by atomic mass is 9.66. The van der Waals surface area contributed by atoms with E-state index in [0.717, 1.165) is 17.7 Å². The third kappa shape index (κ3) is 12.6. The molecule has 15 nitrogen and oxygen atoms in total. The number of hydrogen-bond acceptors (Lipinski definition) is 14. The van der Waals surface area contributed by atoms with E-state index in [1.165, 1.54) is 6.92 Å². The molecule has 0 spiro atoms. The smallest absolute Gasteiger partial charge is 0.309 e. The molecule has 0 aliphatic carbocycles.